The molecule has 0 aromatic rings. The Morgan fingerprint density at radius 1 is 1.64 bits per heavy atom. The quantitative estimate of drug-likeness (QED) is 0.577. The van der Waals surface area contributed by atoms with E-state index in [1.807, 2.05) is 6.07 Å². The monoisotopic (exact) mass is 155 g/mol. The number of hydrogen-bond donors (Lipinski definition) is 0. The van der Waals surface area contributed by atoms with Gasteiger partial charge in [0, 0.05) is 12.8 Å². The molecule has 0 aliphatic heterocycles. The molecular formula is C8H10FNO. The fraction of sp³-hybridized carbons (Fsp3) is 0.750. The van der Waals surface area contributed by atoms with Crippen molar-refractivity contribution in [1.82, 2.24) is 0 Å². The van der Waals surface area contributed by atoms with Crippen LogP contribution in [0.25, 0.3) is 0 Å². The molecule has 0 saturated heterocycles. The van der Waals surface area contributed by atoms with Crippen LogP contribution in [0.3, 0.4) is 0 Å². The molecule has 3 heteroatoms. The Hall–Kier alpha value is -0.910. The van der Waals surface area contributed by atoms with Crippen LogP contribution in [0.5, 0.6) is 0 Å². The van der Waals surface area contributed by atoms with E-state index in [1.165, 1.54) is 13.8 Å². The van der Waals surface area contributed by atoms with E-state index >= 15 is 0 Å². The van der Waals surface area contributed by atoms with Crippen molar-refractivity contribution in [2.75, 3.05) is 0 Å². The minimum absolute atomic E-state index is 0.0164. The summed E-state index contributed by atoms with van der Waals surface area (Å²) >= 11 is 0. The van der Waals surface area contributed by atoms with Crippen LogP contribution in [-0.4, -0.2) is 11.5 Å². The van der Waals surface area contributed by atoms with Crippen molar-refractivity contribution in [3.05, 3.63) is 0 Å². The van der Waals surface area contributed by atoms with Gasteiger partial charge in [-0.1, -0.05) is 0 Å². The van der Waals surface area contributed by atoms with Gasteiger partial charge in [0.25, 0.3) is 0 Å². The lowest BCUT2D eigenvalue weighted by Crippen LogP contribution is -2.49. The minimum Gasteiger partial charge on any atom is -0.300 e. The highest BCUT2D eigenvalue weighted by molar-refractivity contribution is 5.87. The maximum atomic E-state index is 13.3. The van der Waals surface area contributed by atoms with Crippen LogP contribution >= 0.6 is 0 Å². The predicted molar refractivity (Wildman–Crippen MR) is 37.5 cm³/mol. The number of alkyl halides is 1. The van der Waals surface area contributed by atoms with E-state index in [2.05, 4.69) is 0 Å². The smallest absolute Gasteiger partial charge is 0.136 e. The highest BCUT2D eigenvalue weighted by Gasteiger charge is 2.55. The van der Waals surface area contributed by atoms with Crippen LogP contribution in [0.15, 0.2) is 0 Å². The lowest BCUT2D eigenvalue weighted by Gasteiger charge is -2.41. The summed E-state index contributed by atoms with van der Waals surface area (Å²) in [5.74, 6) is -0.0164. The number of nitriles is 1. The molecule has 1 fully saturated rings. The number of carbonyl (C=O) groups excluding carboxylic acids is 1. The number of nitrogens with zero attached hydrogens (tertiary/aromatic N) is 1. The van der Waals surface area contributed by atoms with Gasteiger partial charge in [-0.3, -0.25) is 4.79 Å². The molecule has 1 rings (SSSR count). The molecule has 0 aromatic heterocycles. The van der Waals surface area contributed by atoms with Crippen molar-refractivity contribution in [2.24, 2.45) is 5.41 Å². The van der Waals surface area contributed by atoms with Crippen molar-refractivity contribution >= 4 is 5.78 Å². The molecule has 0 amide bonds. The molecule has 0 atom stereocenters. The molecule has 2 nitrogen and oxygen atoms in total. The van der Waals surface area contributed by atoms with Crippen LogP contribution in [0.4, 0.5) is 4.39 Å². The first kappa shape index (κ1) is 8.19. The van der Waals surface area contributed by atoms with E-state index in [9.17, 15) is 9.18 Å². The van der Waals surface area contributed by atoms with E-state index in [4.69, 9.17) is 5.26 Å². The fourth-order valence-electron chi connectivity index (χ4n) is 1.25. The molecule has 60 valence electrons. The van der Waals surface area contributed by atoms with Gasteiger partial charge in [-0.25, -0.2) is 4.39 Å². The third-order valence-electron chi connectivity index (χ3n) is 2.35. The zero-order chi connectivity index (χ0) is 8.70. The van der Waals surface area contributed by atoms with Crippen molar-refractivity contribution in [2.45, 2.75) is 32.4 Å². The summed E-state index contributed by atoms with van der Waals surface area (Å²) < 4.78 is 13.3. The molecule has 0 bridgehead atoms. The summed E-state index contributed by atoms with van der Waals surface area (Å²) in [6.07, 6.45) is 0.153. The SMILES string of the molecule is CC(C)(F)C1(C#N)CC(=O)C1. The molecule has 0 unspecified atom stereocenters. The Morgan fingerprint density at radius 3 is 2.18 bits per heavy atom. The largest absolute Gasteiger partial charge is 0.300 e. The molecule has 0 aromatic carbocycles. The Balaban J connectivity index is 2.83. The van der Waals surface area contributed by atoms with Gasteiger partial charge >= 0.3 is 0 Å². The first-order valence-electron chi connectivity index (χ1n) is 3.53. The van der Waals surface area contributed by atoms with Crippen LogP contribution in [0.1, 0.15) is 26.7 Å². The van der Waals surface area contributed by atoms with E-state index in [1.54, 1.807) is 0 Å². The Kier molecular flexibility index (Phi) is 1.52. The van der Waals surface area contributed by atoms with E-state index in [0.717, 1.165) is 0 Å². The maximum Gasteiger partial charge on any atom is 0.136 e. The lowest BCUT2D eigenvalue weighted by atomic mass is 9.61. The summed E-state index contributed by atoms with van der Waals surface area (Å²) in [6.45, 7) is 2.70. The second kappa shape index (κ2) is 2.04. The van der Waals surface area contributed by atoms with Crippen molar-refractivity contribution in [1.29, 1.82) is 5.26 Å². The van der Waals surface area contributed by atoms with Gasteiger partial charge in [-0.2, -0.15) is 5.26 Å². The van der Waals surface area contributed by atoms with Gasteiger partial charge in [0.2, 0.25) is 0 Å². The van der Waals surface area contributed by atoms with E-state index in [0.29, 0.717) is 0 Å². The predicted octanol–water partition coefficient (Wildman–Crippen LogP) is 1.61. The normalized spacial score (nSPS) is 22.2. The first-order chi connectivity index (χ1) is 4.91. The number of hydrogen-bond acceptors (Lipinski definition) is 2. The van der Waals surface area contributed by atoms with Gasteiger partial charge in [-0.15, -0.1) is 0 Å². The van der Waals surface area contributed by atoms with Gasteiger partial charge in [0.15, 0.2) is 0 Å². The highest BCUT2D eigenvalue weighted by Crippen LogP contribution is 2.48. The summed E-state index contributed by atoms with van der Waals surface area (Å²) in [6, 6.07) is 1.89. The number of ketones is 1. The molecule has 0 heterocycles. The molecule has 1 aliphatic rings. The fourth-order valence-corrected chi connectivity index (χ4v) is 1.25. The van der Waals surface area contributed by atoms with E-state index in [-0.39, 0.29) is 18.6 Å². The molecule has 0 N–H and O–H groups in total. The van der Waals surface area contributed by atoms with Crippen molar-refractivity contribution in [3.63, 3.8) is 0 Å². The number of halogens is 1. The van der Waals surface area contributed by atoms with Crippen LogP contribution in [0.2, 0.25) is 0 Å². The standard InChI is InChI=1S/C8H10FNO/c1-7(2,9)8(5-10)3-6(11)4-8/h3-4H2,1-2H3. The number of rotatable bonds is 1. The lowest BCUT2D eigenvalue weighted by molar-refractivity contribution is -0.136. The summed E-state index contributed by atoms with van der Waals surface area (Å²) in [5, 5.41) is 8.65. The third kappa shape index (κ3) is 1.03. The van der Waals surface area contributed by atoms with Crippen molar-refractivity contribution < 1.29 is 9.18 Å². The summed E-state index contributed by atoms with van der Waals surface area (Å²) in [4.78, 5) is 10.6. The molecule has 1 aliphatic carbocycles. The van der Waals surface area contributed by atoms with Crippen LogP contribution in [-0.2, 0) is 4.79 Å². The number of carbonyl (C=O) groups is 1. The van der Waals surface area contributed by atoms with Crippen LogP contribution in [0, 0.1) is 16.7 Å². The summed E-state index contributed by atoms with van der Waals surface area (Å²) in [7, 11) is 0. The van der Waals surface area contributed by atoms with E-state index < -0.39 is 11.1 Å². The van der Waals surface area contributed by atoms with Gasteiger partial charge in [0.1, 0.15) is 16.9 Å². The third-order valence-corrected chi connectivity index (χ3v) is 2.35. The Morgan fingerprint density at radius 2 is 2.09 bits per heavy atom. The maximum absolute atomic E-state index is 13.3. The molecule has 0 radical (unpaired) electrons. The van der Waals surface area contributed by atoms with Gasteiger partial charge in [-0.05, 0) is 13.8 Å². The first-order valence-corrected chi connectivity index (χ1v) is 3.53. The van der Waals surface area contributed by atoms with Crippen molar-refractivity contribution in [3.8, 4) is 6.07 Å². The topological polar surface area (TPSA) is 40.9 Å². The number of Topliss-reactive ketones (excluding diaryl/α,β-unsaturated/α-hetero) is 1. The average molecular weight is 155 g/mol. The molecule has 0 spiro atoms. The second-order valence-electron chi connectivity index (χ2n) is 3.56. The highest BCUT2D eigenvalue weighted by atomic mass is 19.1. The molecule has 11 heavy (non-hydrogen) atoms. The zero-order valence-electron chi connectivity index (χ0n) is 6.65. The minimum atomic E-state index is -1.56. The van der Waals surface area contributed by atoms with Crippen LogP contribution < -0.4 is 0 Å². The van der Waals surface area contributed by atoms with Gasteiger partial charge < -0.3 is 0 Å². The average Bonchev–Trinajstić information content (AvgIpc) is 1.77. The van der Waals surface area contributed by atoms with Gasteiger partial charge in [0.05, 0.1) is 6.07 Å². The molecular weight excluding hydrogens is 145 g/mol. The molecule has 1 saturated carbocycles. The summed E-state index contributed by atoms with van der Waals surface area (Å²) in [5.41, 5.74) is -2.60. The zero-order valence-corrected chi connectivity index (χ0v) is 6.65. The Bertz CT molecular complexity index is 225. The Labute approximate surface area is 65.0 Å². The second-order valence-corrected chi connectivity index (χ2v) is 3.56.